The summed E-state index contributed by atoms with van der Waals surface area (Å²) in [5.74, 6) is 0.377. The molecule has 162 valence electrons. The van der Waals surface area contributed by atoms with Gasteiger partial charge in [0.25, 0.3) is 0 Å². The molecule has 0 heterocycles. The van der Waals surface area contributed by atoms with Crippen molar-refractivity contribution < 1.29 is 23.8 Å². The lowest BCUT2D eigenvalue weighted by atomic mass is 10.1. The van der Waals surface area contributed by atoms with Gasteiger partial charge in [0.1, 0.15) is 11.4 Å². The zero-order valence-corrected chi connectivity index (χ0v) is 18.1. The molecule has 0 spiro atoms. The van der Waals surface area contributed by atoms with Crippen LogP contribution in [-0.4, -0.2) is 37.4 Å². The van der Waals surface area contributed by atoms with Gasteiger partial charge in [-0.25, -0.2) is 4.79 Å². The van der Waals surface area contributed by atoms with Crippen molar-refractivity contribution in [2.45, 2.75) is 51.7 Å². The number of benzene rings is 2. The maximum absolute atomic E-state index is 12.4. The molecule has 0 aliphatic rings. The van der Waals surface area contributed by atoms with Gasteiger partial charge in [-0.05, 0) is 56.9 Å². The highest BCUT2D eigenvalue weighted by atomic mass is 16.7. The van der Waals surface area contributed by atoms with Crippen LogP contribution in [0.2, 0.25) is 0 Å². The van der Waals surface area contributed by atoms with Crippen LogP contribution in [0.5, 0.6) is 5.75 Å². The third-order valence-electron chi connectivity index (χ3n) is 4.21. The Labute approximate surface area is 178 Å². The second kappa shape index (κ2) is 11.4. The maximum Gasteiger partial charge on any atom is 0.514 e. The van der Waals surface area contributed by atoms with E-state index in [1.165, 1.54) is 0 Å². The van der Waals surface area contributed by atoms with Crippen LogP contribution >= 0.6 is 0 Å². The first kappa shape index (κ1) is 23.4. The van der Waals surface area contributed by atoms with Crippen molar-refractivity contribution in [3.8, 4) is 5.75 Å². The van der Waals surface area contributed by atoms with Crippen LogP contribution in [0.3, 0.4) is 0 Å². The van der Waals surface area contributed by atoms with E-state index in [0.29, 0.717) is 25.2 Å². The van der Waals surface area contributed by atoms with Crippen LogP contribution in [0.1, 0.15) is 38.3 Å². The number of aryl methyl sites for hydroxylation is 1. The monoisotopic (exact) mass is 413 g/mol. The van der Waals surface area contributed by atoms with Crippen molar-refractivity contribution in [3.05, 3.63) is 65.7 Å². The van der Waals surface area contributed by atoms with Gasteiger partial charge in [0.2, 0.25) is 5.91 Å². The first-order valence-electron chi connectivity index (χ1n) is 10.1. The highest BCUT2D eigenvalue weighted by molar-refractivity contribution is 5.76. The Morgan fingerprint density at radius 2 is 1.63 bits per heavy atom. The van der Waals surface area contributed by atoms with Crippen molar-refractivity contribution >= 4 is 12.1 Å². The van der Waals surface area contributed by atoms with E-state index in [1.807, 2.05) is 42.5 Å². The summed E-state index contributed by atoms with van der Waals surface area (Å²) < 4.78 is 15.5. The number of nitrogens with one attached hydrogen (secondary N) is 1. The highest BCUT2D eigenvalue weighted by Gasteiger charge is 2.18. The third kappa shape index (κ3) is 9.09. The fraction of sp³-hybridized carbons (Fsp3) is 0.417. The first-order valence-corrected chi connectivity index (χ1v) is 10.1. The molecule has 30 heavy (non-hydrogen) atoms. The van der Waals surface area contributed by atoms with Crippen LogP contribution in [0.15, 0.2) is 54.6 Å². The number of amides is 1. The normalized spacial score (nSPS) is 12.1. The average Bonchev–Trinajstić information content (AvgIpc) is 2.67. The van der Waals surface area contributed by atoms with Crippen LogP contribution in [-0.2, 0) is 27.1 Å². The van der Waals surface area contributed by atoms with Gasteiger partial charge in [-0.1, -0.05) is 42.5 Å². The number of hydrogen-bond acceptors (Lipinski definition) is 5. The lowest BCUT2D eigenvalue weighted by molar-refractivity contribution is -0.122. The van der Waals surface area contributed by atoms with Crippen molar-refractivity contribution in [1.29, 1.82) is 0 Å². The molecule has 2 aromatic carbocycles. The minimum absolute atomic E-state index is 0.0259. The van der Waals surface area contributed by atoms with Crippen molar-refractivity contribution in [2.24, 2.45) is 0 Å². The minimum Gasteiger partial charge on any atom is -0.428 e. The predicted octanol–water partition coefficient (Wildman–Crippen LogP) is 4.31. The van der Waals surface area contributed by atoms with Gasteiger partial charge >= 0.3 is 6.16 Å². The summed E-state index contributed by atoms with van der Waals surface area (Å²) in [5, 5.41) is 3.05. The van der Waals surface area contributed by atoms with E-state index in [4.69, 9.17) is 14.2 Å². The molecule has 0 saturated heterocycles. The van der Waals surface area contributed by atoms with Gasteiger partial charge in [-0.15, -0.1) is 0 Å². The van der Waals surface area contributed by atoms with E-state index < -0.39 is 11.8 Å². The van der Waals surface area contributed by atoms with Crippen LogP contribution < -0.4 is 10.1 Å². The molecular weight excluding hydrogens is 382 g/mol. The molecule has 0 aromatic heterocycles. The zero-order valence-electron chi connectivity index (χ0n) is 18.1. The Bertz CT molecular complexity index is 797. The fourth-order valence-corrected chi connectivity index (χ4v) is 2.90. The number of hydrogen-bond donors (Lipinski definition) is 1. The summed E-state index contributed by atoms with van der Waals surface area (Å²) in [6.45, 7) is 5.79. The smallest absolute Gasteiger partial charge is 0.428 e. The molecule has 1 amide bonds. The van der Waals surface area contributed by atoms with Gasteiger partial charge in [-0.3, -0.25) is 4.79 Å². The summed E-state index contributed by atoms with van der Waals surface area (Å²) in [4.78, 5) is 24.1. The maximum atomic E-state index is 12.4. The van der Waals surface area contributed by atoms with Crippen LogP contribution in [0.4, 0.5) is 4.79 Å². The van der Waals surface area contributed by atoms with Gasteiger partial charge < -0.3 is 19.5 Å². The van der Waals surface area contributed by atoms with Gasteiger partial charge in [0.05, 0.1) is 12.6 Å². The Morgan fingerprint density at radius 1 is 0.967 bits per heavy atom. The number of methoxy groups -OCH3 is 1. The summed E-state index contributed by atoms with van der Waals surface area (Å²) in [6.07, 6.45) is 0.930. The summed E-state index contributed by atoms with van der Waals surface area (Å²) in [7, 11) is 1.63. The topological polar surface area (TPSA) is 73.9 Å². The number of carbonyl (C=O) groups excluding carboxylic acids is 2. The Balaban J connectivity index is 1.81. The molecule has 1 atom stereocenters. The molecule has 0 aliphatic carbocycles. The summed E-state index contributed by atoms with van der Waals surface area (Å²) in [5.41, 5.74) is 1.53. The molecule has 6 heteroatoms. The molecular formula is C24H31NO5. The van der Waals surface area contributed by atoms with E-state index >= 15 is 0 Å². The van der Waals surface area contributed by atoms with E-state index in [1.54, 1.807) is 40.0 Å². The molecule has 1 N–H and O–H groups in total. The third-order valence-corrected chi connectivity index (χ3v) is 4.21. The number of carbonyl (C=O) groups is 2. The fourth-order valence-electron chi connectivity index (χ4n) is 2.90. The van der Waals surface area contributed by atoms with E-state index in [0.717, 1.165) is 17.5 Å². The summed E-state index contributed by atoms with van der Waals surface area (Å²) in [6, 6.07) is 17.0. The minimum atomic E-state index is -0.739. The standard InChI is InChI=1S/C24H31NO5/c1-24(2,3)30-23(27)29-21-13-10-18(11-14-21)12-15-22(26)25-20(17-28-4)16-19-8-6-5-7-9-19/h5-11,13-14,20H,12,15-17H2,1-4H3,(H,25,26). The summed E-state index contributed by atoms with van der Waals surface area (Å²) >= 11 is 0. The quantitative estimate of drug-likeness (QED) is 0.490. The number of rotatable bonds is 9. The Kier molecular flexibility index (Phi) is 8.87. The SMILES string of the molecule is COCC(Cc1ccccc1)NC(=O)CCc1ccc(OC(=O)OC(C)(C)C)cc1. The second-order valence-electron chi connectivity index (χ2n) is 8.12. The van der Waals surface area contributed by atoms with E-state index in [-0.39, 0.29) is 11.9 Å². The lowest BCUT2D eigenvalue weighted by Crippen LogP contribution is -2.39. The predicted molar refractivity (Wildman–Crippen MR) is 116 cm³/mol. The van der Waals surface area contributed by atoms with Crippen molar-refractivity contribution in [3.63, 3.8) is 0 Å². The molecule has 0 aliphatic heterocycles. The average molecular weight is 414 g/mol. The molecule has 0 saturated carbocycles. The van der Waals surface area contributed by atoms with Crippen molar-refractivity contribution in [2.75, 3.05) is 13.7 Å². The Morgan fingerprint density at radius 3 is 2.23 bits per heavy atom. The molecule has 1 unspecified atom stereocenters. The number of ether oxygens (including phenoxy) is 3. The molecule has 0 radical (unpaired) electrons. The van der Waals surface area contributed by atoms with E-state index in [2.05, 4.69) is 5.32 Å². The molecule has 0 bridgehead atoms. The molecule has 2 aromatic rings. The van der Waals surface area contributed by atoms with Gasteiger partial charge in [0.15, 0.2) is 0 Å². The van der Waals surface area contributed by atoms with E-state index in [9.17, 15) is 9.59 Å². The van der Waals surface area contributed by atoms with Crippen LogP contribution in [0.25, 0.3) is 0 Å². The van der Waals surface area contributed by atoms with Gasteiger partial charge in [0, 0.05) is 13.5 Å². The molecule has 6 nitrogen and oxygen atoms in total. The molecule has 2 rings (SSSR count). The highest BCUT2D eigenvalue weighted by Crippen LogP contribution is 2.16. The molecule has 0 fully saturated rings. The van der Waals surface area contributed by atoms with Crippen molar-refractivity contribution in [1.82, 2.24) is 5.32 Å². The lowest BCUT2D eigenvalue weighted by Gasteiger charge is -2.18. The van der Waals surface area contributed by atoms with Gasteiger partial charge in [-0.2, -0.15) is 0 Å². The van der Waals surface area contributed by atoms with Crippen LogP contribution in [0, 0.1) is 0 Å². The first-order chi connectivity index (χ1) is 14.2. The Hall–Kier alpha value is -2.86. The zero-order chi connectivity index (χ0) is 22.0. The second-order valence-corrected chi connectivity index (χ2v) is 8.12. The largest absolute Gasteiger partial charge is 0.514 e.